The van der Waals surface area contributed by atoms with E-state index < -0.39 is 29.4 Å². The fourth-order valence-corrected chi connectivity index (χ4v) is 1.41. The quantitative estimate of drug-likeness (QED) is 0.392. The monoisotopic (exact) mass is 296 g/mol. The van der Waals surface area contributed by atoms with E-state index in [1.165, 1.54) is 19.2 Å². The standard InChI is InChI=1S/C11H12N4O6/c1-13-7-3-2-6(4-8(7)15(19)20)10(17)21-5-9(16)14-11(12)18/h2-4,13H,5H2,1H3,(H3,12,14,16,18). The molecule has 0 fully saturated rings. The average Bonchev–Trinajstić information content (AvgIpc) is 2.43. The summed E-state index contributed by atoms with van der Waals surface area (Å²) in [6, 6.07) is 2.57. The zero-order valence-corrected chi connectivity index (χ0v) is 10.9. The second-order valence-electron chi connectivity index (χ2n) is 3.73. The van der Waals surface area contributed by atoms with E-state index in [0.29, 0.717) is 0 Å². The van der Waals surface area contributed by atoms with Crippen molar-refractivity contribution in [3.63, 3.8) is 0 Å². The molecule has 0 heterocycles. The van der Waals surface area contributed by atoms with E-state index in [0.717, 1.165) is 6.07 Å². The Balaban J connectivity index is 2.79. The molecule has 112 valence electrons. The van der Waals surface area contributed by atoms with Gasteiger partial charge in [-0.2, -0.15) is 0 Å². The Kier molecular flexibility index (Phi) is 5.17. The highest BCUT2D eigenvalue weighted by molar-refractivity contribution is 5.96. The van der Waals surface area contributed by atoms with Crippen molar-refractivity contribution < 1.29 is 24.0 Å². The minimum absolute atomic E-state index is 0.104. The van der Waals surface area contributed by atoms with Gasteiger partial charge in [0.15, 0.2) is 6.61 Å². The lowest BCUT2D eigenvalue weighted by atomic mass is 10.1. The smallest absolute Gasteiger partial charge is 0.338 e. The SMILES string of the molecule is CNc1ccc(C(=O)OCC(=O)NC(N)=O)cc1[N+](=O)[O-]. The molecule has 0 aliphatic rings. The van der Waals surface area contributed by atoms with Gasteiger partial charge < -0.3 is 15.8 Å². The molecule has 10 heteroatoms. The molecule has 0 radical (unpaired) electrons. The molecule has 4 N–H and O–H groups in total. The van der Waals surface area contributed by atoms with Crippen LogP contribution in [0.2, 0.25) is 0 Å². The molecule has 0 aromatic heterocycles. The average molecular weight is 296 g/mol. The molecule has 0 aliphatic heterocycles. The van der Waals surface area contributed by atoms with Gasteiger partial charge in [-0.05, 0) is 12.1 Å². The van der Waals surface area contributed by atoms with Gasteiger partial charge in [-0.1, -0.05) is 0 Å². The Morgan fingerprint density at radius 3 is 2.57 bits per heavy atom. The zero-order chi connectivity index (χ0) is 16.0. The molecule has 1 aromatic rings. The summed E-state index contributed by atoms with van der Waals surface area (Å²) in [5, 5.41) is 15.1. The van der Waals surface area contributed by atoms with Crippen LogP contribution in [0, 0.1) is 10.1 Å². The number of hydrogen-bond acceptors (Lipinski definition) is 7. The first-order valence-corrected chi connectivity index (χ1v) is 5.57. The van der Waals surface area contributed by atoms with Gasteiger partial charge in [0.05, 0.1) is 10.5 Å². The molecule has 1 rings (SSSR count). The Morgan fingerprint density at radius 2 is 2.05 bits per heavy atom. The number of nitrogens with two attached hydrogens (primary N) is 1. The number of imide groups is 1. The summed E-state index contributed by atoms with van der Waals surface area (Å²) in [5.41, 5.74) is 4.51. The van der Waals surface area contributed by atoms with E-state index in [1.807, 2.05) is 0 Å². The second kappa shape index (κ2) is 6.84. The van der Waals surface area contributed by atoms with Crippen molar-refractivity contribution in [2.45, 2.75) is 0 Å². The predicted molar refractivity (Wildman–Crippen MR) is 70.7 cm³/mol. The number of amides is 3. The number of esters is 1. The fraction of sp³-hybridized carbons (Fsp3) is 0.182. The summed E-state index contributed by atoms with van der Waals surface area (Å²) in [4.78, 5) is 43.3. The first-order chi connectivity index (χ1) is 9.85. The van der Waals surface area contributed by atoms with Crippen LogP contribution in [-0.4, -0.2) is 36.5 Å². The normalized spacial score (nSPS) is 9.57. The number of nitrogens with zero attached hydrogens (tertiary/aromatic N) is 1. The van der Waals surface area contributed by atoms with Gasteiger partial charge >= 0.3 is 12.0 Å². The van der Waals surface area contributed by atoms with Gasteiger partial charge in [-0.25, -0.2) is 9.59 Å². The lowest BCUT2D eigenvalue weighted by molar-refractivity contribution is -0.384. The third-order valence-corrected chi connectivity index (χ3v) is 2.30. The minimum atomic E-state index is -1.08. The van der Waals surface area contributed by atoms with E-state index >= 15 is 0 Å². The number of nitro benzene ring substituents is 1. The van der Waals surface area contributed by atoms with E-state index in [-0.39, 0.29) is 16.9 Å². The topological polar surface area (TPSA) is 154 Å². The van der Waals surface area contributed by atoms with Crippen LogP contribution in [0.4, 0.5) is 16.2 Å². The lowest BCUT2D eigenvalue weighted by Gasteiger charge is -2.06. The number of nitrogens with one attached hydrogen (secondary N) is 2. The van der Waals surface area contributed by atoms with Crippen LogP contribution in [0.15, 0.2) is 18.2 Å². The van der Waals surface area contributed by atoms with E-state index in [2.05, 4.69) is 10.1 Å². The van der Waals surface area contributed by atoms with Gasteiger partial charge in [0, 0.05) is 13.1 Å². The highest BCUT2D eigenvalue weighted by atomic mass is 16.6. The minimum Gasteiger partial charge on any atom is -0.452 e. The number of carbonyl (C=O) groups excluding carboxylic acids is 3. The Morgan fingerprint density at radius 1 is 1.38 bits per heavy atom. The second-order valence-corrected chi connectivity index (χ2v) is 3.73. The van der Waals surface area contributed by atoms with Crippen LogP contribution < -0.4 is 16.4 Å². The number of hydrogen-bond donors (Lipinski definition) is 3. The van der Waals surface area contributed by atoms with Crippen LogP contribution in [0.1, 0.15) is 10.4 Å². The van der Waals surface area contributed by atoms with E-state index in [1.54, 1.807) is 5.32 Å². The maximum Gasteiger partial charge on any atom is 0.338 e. The number of urea groups is 1. The van der Waals surface area contributed by atoms with E-state index in [9.17, 15) is 24.5 Å². The highest BCUT2D eigenvalue weighted by Gasteiger charge is 2.18. The Hall–Kier alpha value is -3.17. The number of anilines is 1. The predicted octanol–water partition coefficient (Wildman–Crippen LogP) is -0.0118. The molecule has 3 amide bonds. The van der Waals surface area contributed by atoms with Crippen molar-refractivity contribution in [3.8, 4) is 0 Å². The molecule has 21 heavy (non-hydrogen) atoms. The summed E-state index contributed by atoms with van der Waals surface area (Å²) < 4.78 is 4.60. The Labute approximate surface area is 118 Å². The molecule has 0 saturated heterocycles. The van der Waals surface area contributed by atoms with Crippen molar-refractivity contribution in [2.24, 2.45) is 5.73 Å². The molecule has 0 atom stereocenters. The highest BCUT2D eigenvalue weighted by Crippen LogP contribution is 2.25. The first kappa shape index (κ1) is 15.9. The van der Waals surface area contributed by atoms with Crippen LogP contribution in [0.25, 0.3) is 0 Å². The van der Waals surface area contributed by atoms with Crippen LogP contribution >= 0.6 is 0 Å². The first-order valence-electron chi connectivity index (χ1n) is 5.57. The van der Waals surface area contributed by atoms with Gasteiger partial charge in [-0.3, -0.25) is 20.2 Å². The summed E-state index contributed by atoms with van der Waals surface area (Å²) in [5.74, 6) is -1.85. The maximum absolute atomic E-state index is 11.6. The molecule has 0 aliphatic carbocycles. The van der Waals surface area contributed by atoms with Crippen molar-refractivity contribution in [1.29, 1.82) is 0 Å². The van der Waals surface area contributed by atoms with Crippen molar-refractivity contribution >= 4 is 29.3 Å². The zero-order valence-electron chi connectivity index (χ0n) is 10.9. The van der Waals surface area contributed by atoms with Crippen LogP contribution in [0.5, 0.6) is 0 Å². The summed E-state index contributed by atoms with van der Waals surface area (Å²) in [6.07, 6.45) is 0. The van der Waals surface area contributed by atoms with Crippen molar-refractivity contribution in [3.05, 3.63) is 33.9 Å². The largest absolute Gasteiger partial charge is 0.452 e. The molecule has 10 nitrogen and oxygen atoms in total. The van der Waals surface area contributed by atoms with Crippen LogP contribution in [-0.2, 0) is 9.53 Å². The summed E-state index contributed by atoms with van der Waals surface area (Å²) in [7, 11) is 1.49. The molecular weight excluding hydrogens is 284 g/mol. The van der Waals surface area contributed by atoms with E-state index in [4.69, 9.17) is 5.73 Å². The third kappa shape index (κ3) is 4.45. The molecule has 0 unspecified atom stereocenters. The lowest BCUT2D eigenvalue weighted by Crippen LogP contribution is -2.37. The number of rotatable bonds is 5. The summed E-state index contributed by atoms with van der Waals surface area (Å²) in [6.45, 7) is -0.733. The van der Waals surface area contributed by atoms with Crippen molar-refractivity contribution in [1.82, 2.24) is 5.32 Å². The van der Waals surface area contributed by atoms with Gasteiger partial charge in [0.1, 0.15) is 5.69 Å². The Bertz CT molecular complexity index is 600. The fourth-order valence-electron chi connectivity index (χ4n) is 1.41. The number of carbonyl (C=O) groups is 3. The molecule has 0 spiro atoms. The molecule has 0 saturated carbocycles. The van der Waals surface area contributed by atoms with Crippen molar-refractivity contribution in [2.75, 3.05) is 19.0 Å². The van der Waals surface area contributed by atoms with Crippen LogP contribution in [0.3, 0.4) is 0 Å². The third-order valence-electron chi connectivity index (χ3n) is 2.30. The molecule has 0 bridgehead atoms. The van der Waals surface area contributed by atoms with Gasteiger partial charge in [0.2, 0.25) is 0 Å². The number of ether oxygens (including phenoxy) is 1. The molecule has 1 aromatic carbocycles. The summed E-state index contributed by atoms with van der Waals surface area (Å²) >= 11 is 0. The number of primary amides is 1. The molecular formula is C11H12N4O6. The number of nitro groups is 1. The number of benzene rings is 1. The van der Waals surface area contributed by atoms with Gasteiger partial charge in [0.25, 0.3) is 11.6 Å². The maximum atomic E-state index is 11.6. The van der Waals surface area contributed by atoms with Gasteiger partial charge in [-0.15, -0.1) is 0 Å².